The molecule has 23 heavy (non-hydrogen) atoms. The minimum Gasteiger partial charge on any atom is -0.381 e. The second kappa shape index (κ2) is 5.35. The standard InChI is InChI=1S/C17H22ClN3O2/c1-23-17-5-9-2-10(6-17)15(11(3-9)7-17)21-13-4-14(18)20-8-12(13)16(19)22/h4,8-11,15H,2-3,5-7H2,1H3,(H2,19,22)(H,20,21)/t9?,10-,11+,15?,17?. The van der Waals surface area contributed by atoms with Gasteiger partial charge in [0.15, 0.2) is 0 Å². The maximum absolute atomic E-state index is 11.7. The summed E-state index contributed by atoms with van der Waals surface area (Å²) in [7, 11) is 1.85. The van der Waals surface area contributed by atoms with Crippen molar-refractivity contribution >= 4 is 23.2 Å². The second-order valence-corrected chi connectivity index (χ2v) is 7.83. The van der Waals surface area contributed by atoms with Crippen LogP contribution in [0.1, 0.15) is 42.5 Å². The molecule has 4 saturated carbocycles. The van der Waals surface area contributed by atoms with Gasteiger partial charge in [0.25, 0.3) is 5.91 Å². The van der Waals surface area contributed by atoms with Gasteiger partial charge in [-0.05, 0) is 55.9 Å². The average molecular weight is 336 g/mol. The molecular formula is C17H22ClN3O2. The van der Waals surface area contributed by atoms with Gasteiger partial charge >= 0.3 is 0 Å². The van der Waals surface area contributed by atoms with Crippen LogP contribution < -0.4 is 11.1 Å². The van der Waals surface area contributed by atoms with E-state index >= 15 is 0 Å². The Morgan fingerprint density at radius 3 is 2.70 bits per heavy atom. The second-order valence-electron chi connectivity index (χ2n) is 7.44. The molecule has 0 radical (unpaired) electrons. The monoisotopic (exact) mass is 335 g/mol. The van der Waals surface area contributed by atoms with Crippen LogP contribution in [0.5, 0.6) is 0 Å². The summed E-state index contributed by atoms with van der Waals surface area (Å²) in [5, 5.41) is 3.95. The highest BCUT2D eigenvalue weighted by atomic mass is 35.5. The summed E-state index contributed by atoms with van der Waals surface area (Å²) in [5.74, 6) is 1.46. The van der Waals surface area contributed by atoms with Gasteiger partial charge in [0, 0.05) is 19.3 Å². The van der Waals surface area contributed by atoms with Gasteiger partial charge in [-0.15, -0.1) is 0 Å². The molecule has 0 aliphatic heterocycles. The third kappa shape index (κ3) is 2.50. The zero-order chi connectivity index (χ0) is 16.2. The van der Waals surface area contributed by atoms with E-state index in [4.69, 9.17) is 22.1 Å². The van der Waals surface area contributed by atoms with E-state index in [-0.39, 0.29) is 5.60 Å². The van der Waals surface area contributed by atoms with Crippen molar-refractivity contribution in [1.82, 2.24) is 4.98 Å². The molecule has 3 unspecified atom stereocenters. The Bertz CT molecular complexity index is 635. The first-order chi connectivity index (χ1) is 11.0. The quantitative estimate of drug-likeness (QED) is 0.829. The third-order valence-electron chi connectivity index (χ3n) is 6.11. The number of carbonyl (C=O) groups excluding carboxylic acids is 1. The number of amides is 1. The Kier molecular flexibility index (Phi) is 3.54. The first-order valence-electron chi connectivity index (χ1n) is 8.27. The van der Waals surface area contributed by atoms with Crippen molar-refractivity contribution in [3.63, 3.8) is 0 Å². The van der Waals surface area contributed by atoms with Crippen LogP contribution in [0.3, 0.4) is 0 Å². The van der Waals surface area contributed by atoms with E-state index in [0.717, 1.165) is 18.8 Å². The van der Waals surface area contributed by atoms with Gasteiger partial charge in [0.05, 0.1) is 16.9 Å². The number of nitrogens with two attached hydrogens (primary N) is 1. The highest BCUT2D eigenvalue weighted by Gasteiger charge is 2.55. The smallest absolute Gasteiger partial charge is 0.252 e. The number of aromatic nitrogens is 1. The first kappa shape index (κ1) is 15.2. The third-order valence-corrected chi connectivity index (χ3v) is 6.31. The number of hydrogen-bond acceptors (Lipinski definition) is 4. The maximum Gasteiger partial charge on any atom is 0.252 e. The van der Waals surface area contributed by atoms with Crippen molar-refractivity contribution in [2.24, 2.45) is 23.5 Å². The number of carbonyl (C=O) groups is 1. The van der Waals surface area contributed by atoms with Crippen molar-refractivity contribution in [3.8, 4) is 0 Å². The van der Waals surface area contributed by atoms with Gasteiger partial charge in [0.2, 0.25) is 0 Å². The molecule has 0 spiro atoms. The minimum absolute atomic E-state index is 0.0804. The Labute approximate surface area is 140 Å². The largest absolute Gasteiger partial charge is 0.381 e. The van der Waals surface area contributed by atoms with E-state index in [1.807, 2.05) is 7.11 Å². The number of halogens is 1. The molecule has 0 aromatic carbocycles. The van der Waals surface area contributed by atoms with Gasteiger partial charge in [-0.1, -0.05) is 11.6 Å². The fraction of sp³-hybridized carbons (Fsp3) is 0.647. The lowest BCUT2D eigenvalue weighted by Gasteiger charge is -2.59. The normalized spacial score (nSPS) is 37.8. The topological polar surface area (TPSA) is 77.2 Å². The highest BCUT2D eigenvalue weighted by Crippen LogP contribution is 2.57. The van der Waals surface area contributed by atoms with Crippen LogP contribution in [0.4, 0.5) is 5.69 Å². The summed E-state index contributed by atoms with van der Waals surface area (Å²) in [4.78, 5) is 15.6. The van der Waals surface area contributed by atoms with Crippen LogP contribution in [-0.2, 0) is 4.74 Å². The Balaban J connectivity index is 1.61. The highest BCUT2D eigenvalue weighted by molar-refractivity contribution is 6.29. The van der Waals surface area contributed by atoms with Crippen molar-refractivity contribution in [2.45, 2.75) is 43.7 Å². The molecule has 6 heteroatoms. The van der Waals surface area contributed by atoms with E-state index < -0.39 is 5.91 Å². The minimum atomic E-state index is -0.478. The maximum atomic E-state index is 11.7. The van der Waals surface area contributed by atoms with Gasteiger partial charge in [-0.25, -0.2) is 4.98 Å². The first-order valence-corrected chi connectivity index (χ1v) is 8.64. The predicted molar refractivity (Wildman–Crippen MR) is 88.5 cm³/mol. The van der Waals surface area contributed by atoms with Crippen molar-refractivity contribution in [1.29, 1.82) is 0 Å². The zero-order valence-electron chi connectivity index (χ0n) is 13.2. The van der Waals surface area contributed by atoms with Crippen LogP contribution in [0.2, 0.25) is 5.15 Å². The van der Waals surface area contributed by atoms with Gasteiger partial charge < -0.3 is 15.8 Å². The zero-order valence-corrected chi connectivity index (χ0v) is 14.0. The number of rotatable bonds is 4. The Morgan fingerprint density at radius 2 is 2.09 bits per heavy atom. The van der Waals surface area contributed by atoms with Gasteiger partial charge in [-0.2, -0.15) is 0 Å². The number of pyridine rings is 1. The summed E-state index contributed by atoms with van der Waals surface area (Å²) >= 11 is 6.01. The van der Waals surface area contributed by atoms with Crippen LogP contribution in [0.15, 0.2) is 12.3 Å². The average Bonchev–Trinajstić information content (AvgIpc) is 2.50. The van der Waals surface area contributed by atoms with Gasteiger partial charge in [-0.3, -0.25) is 4.79 Å². The molecule has 1 aromatic heterocycles. The molecule has 4 fully saturated rings. The summed E-state index contributed by atoms with van der Waals surface area (Å²) in [6, 6.07) is 2.06. The number of anilines is 1. The fourth-order valence-electron chi connectivity index (χ4n) is 5.36. The predicted octanol–water partition coefficient (Wildman–Crippen LogP) is 2.84. The molecule has 5 rings (SSSR count). The Morgan fingerprint density at radius 1 is 1.39 bits per heavy atom. The molecule has 3 N–H and O–H groups in total. The van der Waals surface area contributed by atoms with E-state index in [9.17, 15) is 4.79 Å². The number of ether oxygens (including phenoxy) is 1. The molecule has 5 atom stereocenters. The molecule has 1 heterocycles. The molecule has 1 aromatic rings. The van der Waals surface area contributed by atoms with E-state index in [1.165, 1.54) is 25.5 Å². The summed E-state index contributed by atoms with van der Waals surface area (Å²) < 4.78 is 5.90. The molecule has 4 bridgehead atoms. The molecule has 0 saturated heterocycles. The lowest BCUT2D eigenvalue weighted by atomic mass is 9.52. The molecule has 124 valence electrons. The summed E-state index contributed by atoms with van der Waals surface area (Å²) in [6.07, 6.45) is 7.34. The van der Waals surface area contributed by atoms with Crippen molar-refractivity contribution < 1.29 is 9.53 Å². The molecule has 5 nitrogen and oxygen atoms in total. The number of methoxy groups -OCH3 is 1. The molecule has 4 aliphatic carbocycles. The van der Waals surface area contributed by atoms with Crippen LogP contribution >= 0.6 is 11.6 Å². The summed E-state index contributed by atoms with van der Waals surface area (Å²) in [5.41, 5.74) is 6.67. The van der Waals surface area contributed by atoms with E-state index in [0.29, 0.717) is 34.3 Å². The molecule has 4 aliphatic rings. The molecule has 1 amide bonds. The van der Waals surface area contributed by atoms with Crippen molar-refractivity contribution in [2.75, 3.05) is 12.4 Å². The number of nitrogens with zero attached hydrogens (tertiary/aromatic N) is 1. The Hall–Kier alpha value is -1.33. The molecular weight excluding hydrogens is 314 g/mol. The SMILES string of the molecule is COC12CC3C[C@H](C1)C(Nc1cc(Cl)ncc1C(N)=O)[C@@H](C3)C2. The lowest BCUT2D eigenvalue weighted by molar-refractivity contribution is -0.149. The van der Waals surface area contributed by atoms with E-state index in [2.05, 4.69) is 10.3 Å². The van der Waals surface area contributed by atoms with E-state index in [1.54, 1.807) is 6.07 Å². The lowest BCUT2D eigenvalue weighted by Crippen LogP contribution is -2.59. The van der Waals surface area contributed by atoms with Gasteiger partial charge in [0.1, 0.15) is 5.15 Å². The summed E-state index contributed by atoms with van der Waals surface area (Å²) in [6.45, 7) is 0. The number of hydrogen-bond donors (Lipinski definition) is 2. The van der Waals surface area contributed by atoms with Crippen LogP contribution in [0.25, 0.3) is 0 Å². The fourth-order valence-corrected chi connectivity index (χ4v) is 5.52. The number of primary amides is 1. The number of nitrogens with one attached hydrogen (secondary N) is 1. The van der Waals surface area contributed by atoms with Crippen LogP contribution in [-0.4, -0.2) is 29.6 Å². The van der Waals surface area contributed by atoms with Crippen LogP contribution in [0, 0.1) is 17.8 Å². The van der Waals surface area contributed by atoms with Crippen molar-refractivity contribution in [3.05, 3.63) is 23.0 Å².